The van der Waals surface area contributed by atoms with Crippen LogP contribution in [-0.2, 0) is 0 Å². The minimum atomic E-state index is -1.20. The molecule has 3 amide bonds. The Hall–Kier alpha value is -3.70. The van der Waals surface area contributed by atoms with E-state index in [9.17, 15) is 19.1 Å². The summed E-state index contributed by atoms with van der Waals surface area (Å²) in [6.07, 6.45) is 2.92. The van der Waals surface area contributed by atoms with Gasteiger partial charge in [-0.05, 0) is 31.4 Å². The van der Waals surface area contributed by atoms with Gasteiger partial charge in [0.25, 0.3) is 5.91 Å². The van der Waals surface area contributed by atoms with E-state index in [0.29, 0.717) is 23.9 Å². The zero-order valence-electron chi connectivity index (χ0n) is 19.7. The predicted molar refractivity (Wildman–Crippen MR) is 131 cm³/mol. The molecule has 1 aromatic heterocycles. The number of hydrogen-bond acceptors (Lipinski definition) is 6. The van der Waals surface area contributed by atoms with Crippen LogP contribution < -0.4 is 20.1 Å². The Morgan fingerprint density at radius 2 is 1.97 bits per heavy atom. The van der Waals surface area contributed by atoms with Gasteiger partial charge >= 0.3 is 6.03 Å². The molecule has 2 fully saturated rings. The normalized spacial score (nSPS) is 17.1. The van der Waals surface area contributed by atoms with Crippen LogP contribution in [0.25, 0.3) is 10.9 Å². The average molecular weight is 533 g/mol. The molecule has 2 aliphatic rings. The van der Waals surface area contributed by atoms with Gasteiger partial charge < -0.3 is 30.1 Å². The lowest BCUT2D eigenvalue weighted by Crippen LogP contribution is -2.30. The van der Waals surface area contributed by atoms with Crippen molar-refractivity contribution >= 4 is 40.1 Å². The van der Waals surface area contributed by atoms with Crippen LogP contribution in [-0.4, -0.2) is 59.3 Å². The molecule has 0 bridgehead atoms. The fourth-order valence-corrected chi connectivity index (χ4v) is 4.30. The van der Waals surface area contributed by atoms with E-state index in [4.69, 9.17) is 21.1 Å². The number of amides is 3. The van der Waals surface area contributed by atoms with Gasteiger partial charge in [0.05, 0.1) is 30.0 Å². The average Bonchev–Trinajstić information content (AvgIpc) is 3.59. The van der Waals surface area contributed by atoms with Crippen LogP contribution in [0.4, 0.5) is 19.3 Å². The highest BCUT2D eigenvalue weighted by Crippen LogP contribution is 2.39. The first kappa shape index (κ1) is 25.0. The lowest BCUT2D eigenvalue weighted by atomic mass is 10.1. The van der Waals surface area contributed by atoms with Crippen molar-refractivity contribution in [3.8, 4) is 17.2 Å². The number of halogens is 3. The number of aromatic nitrogens is 1. The molecule has 1 atom stereocenters. The molecule has 0 spiro atoms. The fraction of sp³-hybridized carbons (Fsp3) is 0.320. The lowest BCUT2D eigenvalue weighted by molar-refractivity contribution is 0.0762. The number of nitrogens with zero attached hydrogens (tertiary/aromatic N) is 2. The van der Waals surface area contributed by atoms with Crippen molar-refractivity contribution in [2.45, 2.75) is 31.4 Å². The molecule has 2 heterocycles. The molecule has 1 aliphatic heterocycles. The highest BCUT2D eigenvalue weighted by Gasteiger charge is 2.29. The van der Waals surface area contributed by atoms with E-state index in [0.717, 1.165) is 18.9 Å². The monoisotopic (exact) mass is 532 g/mol. The van der Waals surface area contributed by atoms with Gasteiger partial charge in [-0.25, -0.2) is 13.6 Å². The number of fused-ring (bicyclic) bond motifs is 1. The van der Waals surface area contributed by atoms with Crippen molar-refractivity contribution in [2.75, 3.05) is 25.5 Å². The third kappa shape index (κ3) is 5.09. The molecule has 194 valence electrons. The largest absolute Gasteiger partial charge is 0.496 e. The van der Waals surface area contributed by atoms with Gasteiger partial charge in [0.1, 0.15) is 16.5 Å². The van der Waals surface area contributed by atoms with Gasteiger partial charge in [-0.2, -0.15) is 0 Å². The first-order chi connectivity index (χ1) is 17.7. The maximum Gasteiger partial charge on any atom is 0.319 e. The van der Waals surface area contributed by atoms with Crippen molar-refractivity contribution in [1.82, 2.24) is 15.2 Å². The van der Waals surface area contributed by atoms with E-state index in [2.05, 4.69) is 15.6 Å². The van der Waals surface area contributed by atoms with E-state index in [1.165, 1.54) is 36.4 Å². The zero-order valence-corrected chi connectivity index (χ0v) is 20.4. The first-order valence-electron chi connectivity index (χ1n) is 11.6. The van der Waals surface area contributed by atoms with E-state index in [1.54, 1.807) is 0 Å². The second kappa shape index (κ2) is 9.98. The van der Waals surface area contributed by atoms with Crippen LogP contribution in [0.3, 0.4) is 0 Å². The number of anilines is 1. The van der Waals surface area contributed by atoms with Crippen LogP contribution >= 0.6 is 11.6 Å². The fourth-order valence-electron chi connectivity index (χ4n) is 4.11. The predicted octanol–water partition coefficient (Wildman–Crippen LogP) is 4.46. The Morgan fingerprint density at radius 1 is 1.19 bits per heavy atom. The highest BCUT2D eigenvalue weighted by atomic mass is 35.5. The second-order valence-electron chi connectivity index (χ2n) is 8.91. The van der Waals surface area contributed by atoms with Crippen molar-refractivity contribution in [3.63, 3.8) is 0 Å². The molecule has 9 nitrogen and oxygen atoms in total. The Kier molecular flexibility index (Phi) is 6.74. The Balaban J connectivity index is 1.48. The summed E-state index contributed by atoms with van der Waals surface area (Å²) in [6, 6.07) is 4.68. The molecule has 37 heavy (non-hydrogen) atoms. The SMILES string of the molecule is COc1cc2nccc(Oc3c(F)cc(NC(=O)NC4CC4)c(Cl)c3F)c2cc1C(=O)N1CC[C@@H](O)C1. The number of carbonyl (C=O) groups is 2. The molecule has 5 rings (SSSR count). The molecule has 1 aliphatic carbocycles. The van der Waals surface area contributed by atoms with Crippen LogP contribution in [0.15, 0.2) is 30.5 Å². The minimum absolute atomic E-state index is 0.0178. The number of pyridine rings is 1. The molecular weight excluding hydrogens is 510 g/mol. The summed E-state index contributed by atoms with van der Waals surface area (Å²) in [5.41, 5.74) is 0.295. The summed E-state index contributed by atoms with van der Waals surface area (Å²) in [5.74, 6) is -3.18. The number of carbonyl (C=O) groups excluding carboxylic acids is 2. The number of urea groups is 1. The van der Waals surface area contributed by atoms with Gasteiger partial charge in [-0.3, -0.25) is 9.78 Å². The number of methoxy groups -OCH3 is 1. The number of benzene rings is 2. The topological polar surface area (TPSA) is 113 Å². The maximum atomic E-state index is 15.1. The van der Waals surface area contributed by atoms with Gasteiger partial charge in [-0.15, -0.1) is 0 Å². The number of β-amino-alcohol motifs (C(OH)–C–C–N with tert-alkyl or cyclic N) is 1. The van der Waals surface area contributed by atoms with Crippen LogP contribution in [0.1, 0.15) is 29.6 Å². The molecule has 0 unspecified atom stereocenters. The zero-order chi connectivity index (χ0) is 26.3. The number of ether oxygens (including phenoxy) is 2. The standard InChI is InChI=1S/C25H23ClF2N4O5/c1-36-20-10-17-14(8-15(20)24(34)32-7-5-13(33)11-32)19(4-6-29-17)37-23-16(27)9-18(21(26)22(23)28)31-25(35)30-12-2-3-12/h4,6,8-10,12-13,33H,2-3,5,7,11H2,1H3,(H2,30,31,35)/t13-/m1/s1. The number of aliphatic hydroxyl groups is 1. The third-order valence-electron chi connectivity index (χ3n) is 6.19. The van der Waals surface area contributed by atoms with Crippen molar-refractivity contribution in [3.05, 3.63) is 52.7 Å². The van der Waals surface area contributed by atoms with Crippen molar-refractivity contribution in [2.24, 2.45) is 0 Å². The summed E-state index contributed by atoms with van der Waals surface area (Å²) < 4.78 is 41.1. The molecule has 12 heteroatoms. The van der Waals surface area contributed by atoms with Gasteiger partial charge in [0, 0.05) is 42.8 Å². The van der Waals surface area contributed by atoms with E-state index >= 15 is 4.39 Å². The number of nitrogens with one attached hydrogen (secondary N) is 2. The molecular formula is C25H23ClF2N4O5. The molecule has 1 saturated heterocycles. The van der Waals surface area contributed by atoms with Crippen LogP contribution in [0.2, 0.25) is 5.02 Å². The smallest absolute Gasteiger partial charge is 0.319 e. The number of likely N-dealkylation sites (tertiary alicyclic amines) is 1. The Labute approximate surface area is 215 Å². The molecule has 1 saturated carbocycles. The molecule has 3 aromatic rings. The summed E-state index contributed by atoms with van der Waals surface area (Å²) >= 11 is 6.08. The Bertz CT molecular complexity index is 1400. The summed E-state index contributed by atoms with van der Waals surface area (Å²) in [5, 5.41) is 14.6. The van der Waals surface area contributed by atoms with Crippen molar-refractivity contribution in [1.29, 1.82) is 0 Å². The van der Waals surface area contributed by atoms with Gasteiger partial charge in [0.15, 0.2) is 17.4 Å². The minimum Gasteiger partial charge on any atom is -0.496 e. The first-order valence-corrected chi connectivity index (χ1v) is 12.0. The van der Waals surface area contributed by atoms with E-state index in [1.807, 2.05) is 0 Å². The third-order valence-corrected chi connectivity index (χ3v) is 6.56. The maximum absolute atomic E-state index is 15.1. The molecule has 3 N–H and O–H groups in total. The van der Waals surface area contributed by atoms with E-state index in [-0.39, 0.29) is 41.2 Å². The van der Waals surface area contributed by atoms with Crippen molar-refractivity contribution < 1.29 is 33.0 Å². The van der Waals surface area contributed by atoms with Crippen LogP contribution in [0.5, 0.6) is 17.2 Å². The highest BCUT2D eigenvalue weighted by molar-refractivity contribution is 6.34. The summed E-state index contributed by atoms with van der Waals surface area (Å²) in [6.45, 7) is 0.565. The summed E-state index contributed by atoms with van der Waals surface area (Å²) in [4.78, 5) is 30.9. The number of hydrogen-bond donors (Lipinski definition) is 3. The molecule has 2 aromatic carbocycles. The van der Waals surface area contributed by atoms with E-state index < -0.39 is 34.5 Å². The quantitative estimate of drug-likeness (QED) is 0.404. The van der Waals surface area contributed by atoms with Crippen LogP contribution in [0, 0.1) is 11.6 Å². The molecule has 0 radical (unpaired) electrons. The Morgan fingerprint density at radius 3 is 2.65 bits per heavy atom. The van der Waals surface area contributed by atoms with Gasteiger partial charge in [0.2, 0.25) is 0 Å². The lowest BCUT2D eigenvalue weighted by Gasteiger charge is -2.19. The number of aliphatic hydroxyl groups excluding tert-OH is 1. The summed E-state index contributed by atoms with van der Waals surface area (Å²) in [7, 11) is 1.41. The second-order valence-corrected chi connectivity index (χ2v) is 9.29. The van der Waals surface area contributed by atoms with Gasteiger partial charge in [-0.1, -0.05) is 11.6 Å². The number of rotatable bonds is 6.